The van der Waals surface area contributed by atoms with Crippen LogP contribution in [0.3, 0.4) is 0 Å². The van der Waals surface area contributed by atoms with Gasteiger partial charge in [0.1, 0.15) is 5.82 Å². The van der Waals surface area contributed by atoms with Crippen molar-refractivity contribution in [1.82, 2.24) is 10.4 Å². The SMILES string of the molecule is NNC(Cc1ccsc1)c1ccncc1F. The number of nitrogens with one attached hydrogen (secondary N) is 1. The fourth-order valence-corrected chi connectivity index (χ4v) is 2.25. The third kappa shape index (κ3) is 2.44. The Morgan fingerprint density at radius 2 is 2.38 bits per heavy atom. The summed E-state index contributed by atoms with van der Waals surface area (Å²) in [6.45, 7) is 0. The molecule has 3 N–H and O–H groups in total. The minimum Gasteiger partial charge on any atom is -0.271 e. The maximum absolute atomic E-state index is 13.5. The second-order valence-electron chi connectivity index (χ2n) is 3.45. The second kappa shape index (κ2) is 5.16. The predicted octanol–water partition coefficient (Wildman–Crippen LogP) is 2.03. The summed E-state index contributed by atoms with van der Waals surface area (Å²) >= 11 is 1.62. The Morgan fingerprint density at radius 1 is 1.50 bits per heavy atom. The van der Waals surface area contributed by atoms with E-state index in [9.17, 15) is 4.39 Å². The molecular weight excluding hydrogens is 225 g/mol. The van der Waals surface area contributed by atoms with Crippen LogP contribution in [0, 0.1) is 5.82 Å². The Bertz CT molecular complexity index is 444. The molecule has 0 aliphatic heterocycles. The first kappa shape index (κ1) is 11.2. The number of hydrazine groups is 1. The maximum Gasteiger partial charge on any atom is 0.146 e. The molecule has 5 heteroatoms. The van der Waals surface area contributed by atoms with Gasteiger partial charge in [0.05, 0.1) is 12.2 Å². The average molecular weight is 237 g/mol. The lowest BCUT2D eigenvalue weighted by atomic mass is 10.0. The van der Waals surface area contributed by atoms with E-state index in [-0.39, 0.29) is 11.9 Å². The van der Waals surface area contributed by atoms with E-state index in [0.29, 0.717) is 12.0 Å². The van der Waals surface area contributed by atoms with Crippen molar-refractivity contribution in [2.45, 2.75) is 12.5 Å². The van der Waals surface area contributed by atoms with Gasteiger partial charge < -0.3 is 0 Å². The lowest BCUT2D eigenvalue weighted by molar-refractivity contribution is 0.508. The van der Waals surface area contributed by atoms with Gasteiger partial charge in [-0.05, 0) is 34.9 Å². The number of nitrogens with two attached hydrogens (primary N) is 1. The van der Waals surface area contributed by atoms with Crippen molar-refractivity contribution in [3.63, 3.8) is 0 Å². The normalized spacial score (nSPS) is 12.6. The van der Waals surface area contributed by atoms with E-state index < -0.39 is 0 Å². The minimum atomic E-state index is -0.333. The molecule has 3 nitrogen and oxygen atoms in total. The second-order valence-corrected chi connectivity index (χ2v) is 4.23. The molecule has 0 aliphatic rings. The van der Waals surface area contributed by atoms with Crippen LogP contribution in [-0.4, -0.2) is 4.98 Å². The first-order valence-corrected chi connectivity index (χ1v) is 5.82. The summed E-state index contributed by atoms with van der Waals surface area (Å²) in [6, 6.07) is 3.43. The summed E-state index contributed by atoms with van der Waals surface area (Å²) in [5.41, 5.74) is 4.32. The summed E-state index contributed by atoms with van der Waals surface area (Å²) in [4.78, 5) is 3.72. The molecule has 0 radical (unpaired) electrons. The van der Waals surface area contributed by atoms with Crippen LogP contribution < -0.4 is 11.3 Å². The predicted molar refractivity (Wildman–Crippen MR) is 62.3 cm³/mol. The summed E-state index contributed by atoms with van der Waals surface area (Å²) in [5.74, 6) is 5.12. The van der Waals surface area contributed by atoms with Crippen molar-refractivity contribution in [3.05, 3.63) is 52.2 Å². The van der Waals surface area contributed by atoms with Gasteiger partial charge in [-0.3, -0.25) is 16.3 Å². The van der Waals surface area contributed by atoms with Crippen LogP contribution in [0.2, 0.25) is 0 Å². The monoisotopic (exact) mass is 237 g/mol. The molecule has 0 bridgehead atoms. The first-order valence-electron chi connectivity index (χ1n) is 4.88. The zero-order valence-corrected chi connectivity index (χ0v) is 9.38. The summed E-state index contributed by atoms with van der Waals surface area (Å²) in [6.07, 6.45) is 3.44. The van der Waals surface area contributed by atoms with Crippen molar-refractivity contribution in [3.8, 4) is 0 Å². The average Bonchev–Trinajstić information content (AvgIpc) is 2.80. The number of aromatic nitrogens is 1. The first-order chi connectivity index (χ1) is 7.81. The Morgan fingerprint density at radius 3 is 3.00 bits per heavy atom. The minimum absolute atomic E-state index is 0.224. The van der Waals surface area contributed by atoms with Crippen LogP contribution >= 0.6 is 11.3 Å². The number of thiophene rings is 1. The highest BCUT2D eigenvalue weighted by Gasteiger charge is 2.14. The van der Waals surface area contributed by atoms with E-state index in [0.717, 1.165) is 5.56 Å². The highest BCUT2D eigenvalue weighted by molar-refractivity contribution is 7.07. The van der Waals surface area contributed by atoms with E-state index in [2.05, 4.69) is 10.4 Å². The van der Waals surface area contributed by atoms with Crippen LogP contribution in [0.4, 0.5) is 4.39 Å². The lowest BCUT2D eigenvalue weighted by Gasteiger charge is -2.15. The van der Waals surface area contributed by atoms with Crippen molar-refractivity contribution >= 4 is 11.3 Å². The number of rotatable bonds is 4. The quantitative estimate of drug-likeness (QED) is 0.632. The molecule has 1 unspecified atom stereocenters. The summed E-state index contributed by atoms with van der Waals surface area (Å²) in [7, 11) is 0. The fourth-order valence-electron chi connectivity index (χ4n) is 1.57. The van der Waals surface area contributed by atoms with E-state index in [1.54, 1.807) is 23.6 Å². The van der Waals surface area contributed by atoms with Crippen LogP contribution in [0.1, 0.15) is 17.2 Å². The Kier molecular flexibility index (Phi) is 3.61. The van der Waals surface area contributed by atoms with Gasteiger partial charge in [0.25, 0.3) is 0 Å². The van der Waals surface area contributed by atoms with Gasteiger partial charge in [-0.1, -0.05) is 0 Å². The topological polar surface area (TPSA) is 50.9 Å². The van der Waals surface area contributed by atoms with Gasteiger partial charge in [0.15, 0.2) is 0 Å². The molecule has 0 spiro atoms. The van der Waals surface area contributed by atoms with E-state index >= 15 is 0 Å². The largest absolute Gasteiger partial charge is 0.271 e. The number of hydrogen-bond donors (Lipinski definition) is 2. The van der Waals surface area contributed by atoms with Crippen LogP contribution in [0.15, 0.2) is 35.3 Å². The number of pyridine rings is 1. The molecule has 0 aromatic carbocycles. The van der Waals surface area contributed by atoms with Crippen LogP contribution in [0.5, 0.6) is 0 Å². The van der Waals surface area contributed by atoms with E-state index in [1.165, 1.54) is 6.20 Å². The molecule has 0 aliphatic carbocycles. The van der Waals surface area contributed by atoms with E-state index in [1.807, 2.05) is 16.8 Å². The number of nitrogens with zero attached hydrogens (tertiary/aromatic N) is 1. The molecule has 1 atom stereocenters. The van der Waals surface area contributed by atoms with Gasteiger partial charge in [0, 0.05) is 11.8 Å². The highest BCUT2D eigenvalue weighted by atomic mass is 32.1. The third-order valence-electron chi connectivity index (χ3n) is 2.40. The smallest absolute Gasteiger partial charge is 0.146 e. The van der Waals surface area contributed by atoms with Gasteiger partial charge in [0.2, 0.25) is 0 Å². The van der Waals surface area contributed by atoms with Crippen molar-refractivity contribution in [2.75, 3.05) is 0 Å². The Balaban J connectivity index is 2.20. The standard InChI is InChI=1S/C11H12FN3S/c12-10-6-14-3-1-9(10)11(15-13)5-8-2-4-16-7-8/h1-4,6-7,11,15H,5,13H2. The molecule has 2 heterocycles. The zero-order valence-electron chi connectivity index (χ0n) is 8.56. The lowest BCUT2D eigenvalue weighted by Crippen LogP contribution is -2.30. The van der Waals surface area contributed by atoms with Crippen molar-refractivity contribution < 1.29 is 4.39 Å². The molecule has 0 saturated heterocycles. The molecule has 2 aromatic heterocycles. The fraction of sp³-hybridized carbons (Fsp3) is 0.182. The highest BCUT2D eigenvalue weighted by Crippen LogP contribution is 2.20. The summed E-state index contributed by atoms with van der Waals surface area (Å²) in [5, 5.41) is 4.02. The third-order valence-corrected chi connectivity index (χ3v) is 3.13. The molecule has 2 aromatic rings. The van der Waals surface area contributed by atoms with Gasteiger partial charge >= 0.3 is 0 Å². The van der Waals surface area contributed by atoms with Crippen LogP contribution in [-0.2, 0) is 6.42 Å². The van der Waals surface area contributed by atoms with Crippen LogP contribution in [0.25, 0.3) is 0 Å². The molecule has 16 heavy (non-hydrogen) atoms. The molecule has 0 amide bonds. The van der Waals surface area contributed by atoms with Crippen molar-refractivity contribution in [1.29, 1.82) is 0 Å². The van der Waals surface area contributed by atoms with E-state index in [4.69, 9.17) is 5.84 Å². The number of hydrogen-bond acceptors (Lipinski definition) is 4. The van der Waals surface area contributed by atoms with Gasteiger partial charge in [-0.25, -0.2) is 4.39 Å². The zero-order chi connectivity index (χ0) is 11.4. The molecule has 0 fully saturated rings. The summed E-state index contributed by atoms with van der Waals surface area (Å²) < 4.78 is 13.5. The molecule has 0 saturated carbocycles. The van der Waals surface area contributed by atoms with Gasteiger partial charge in [-0.2, -0.15) is 11.3 Å². The molecule has 84 valence electrons. The Labute approximate surface area is 97.1 Å². The molecule has 2 rings (SSSR count). The maximum atomic E-state index is 13.5. The Hall–Kier alpha value is -1.30. The van der Waals surface area contributed by atoms with Crippen molar-refractivity contribution in [2.24, 2.45) is 5.84 Å². The number of halogens is 1. The van der Waals surface area contributed by atoms with Gasteiger partial charge in [-0.15, -0.1) is 0 Å². The molecular formula is C11H12FN3S.